The highest BCUT2D eigenvalue weighted by Gasteiger charge is 2.35. The summed E-state index contributed by atoms with van der Waals surface area (Å²) in [6, 6.07) is 7.88. The second kappa shape index (κ2) is 6.38. The van der Waals surface area contributed by atoms with Crippen molar-refractivity contribution < 1.29 is 17.9 Å². The molecule has 0 N–H and O–H groups in total. The number of alkyl halides is 3. The summed E-state index contributed by atoms with van der Waals surface area (Å²) in [5, 5.41) is 4.32. The zero-order valence-corrected chi connectivity index (χ0v) is 14.2. The van der Waals surface area contributed by atoms with Gasteiger partial charge in [0.15, 0.2) is 5.65 Å². The molecule has 0 aliphatic heterocycles. The van der Waals surface area contributed by atoms with Gasteiger partial charge in [-0.3, -0.25) is 0 Å². The topological polar surface area (TPSA) is 39.9 Å². The minimum atomic E-state index is -4.48. The number of ether oxygens (including phenoxy) is 1. The van der Waals surface area contributed by atoms with Gasteiger partial charge in [-0.05, 0) is 43.7 Å². The van der Waals surface area contributed by atoms with E-state index in [0.29, 0.717) is 23.6 Å². The lowest BCUT2D eigenvalue weighted by Gasteiger charge is -2.12. The van der Waals surface area contributed by atoms with E-state index in [0.717, 1.165) is 12.5 Å². The maximum Gasteiger partial charge on any atom is 0.417 e. The number of halogens is 3. The quantitative estimate of drug-likeness (QED) is 0.676. The summed E-state index contributed by atoms with van der Waals surface area (Å²) in [7, 11) is 1.53. The average molecular weight is 349 g/mol. The Morgan fingerprint density at radius 3 is 2.40 bits per heavy atom. The highest BCUT2D eigenvalue weighted by molar-refractivity contribution is 5.85. The molecule has 0 atom stereocenters. The standard InChI is InChI=1S/C18H18F3N3O/c1-4-9-24-17-16(11(2)23-24)14(18(19,20)21)10-15(22-17)12-5-7-13(25-3)8-6-12/h5-8,10H,4,9H2,1-3H3. The minimum Gasteiger partial charge on any atom is -0.497 e. The van der Waals surface area contributed by atoms with Crippen molar-refractivity contribution in [2.45, 2.75) is 33.0 Å². The van der Waals surface area contributed by atoms with Gasteiger partial charge < -0.3 is 4.74 Å². The first-order chi connectivity index (χ1) is 11.8. The van der Waals surface area contributed by atoms with Crippen molar-refractivity contribution in [1.82, 2.24) is 14.8 Å². The zero-order valence-electron chi connectivity index (χ0n) is 14.2. The molecule has 3 aromatic rings. The Bertz CT molecular complexity index is 899. The van der Waals surface area contributed by atoms with Crippen LogP contribution in [0.15, 0.2) is 30.3 Å². The molecule has 0 bridgehead atoms. The van der Waals surface area contributed by atoms with Crippen LogP contribution < -0.4 is 4.74 Å². The van der Waals surface area contributed by atoms with Gasteiger partial charge in [0.25, 0.3) is 0 Å². The third-order valence-electron chi connectivity index (χ3n) is 4.00. The van der Waals surface area contributed by atoms with Gasteiger partial charge in [-0.1, -0.05) is 6.92 Å². The molecule has 0 aliphatic carbocycles. The summed E-state index contributed by atoms with van der Waals surface area (Å²) < 4.78 is 47.5. The van der Waals surface area contributed by atoms with Gasteiger partial charge in [-0.2, -0.15) is 18.3 Å². The van der Waals surface area contributed by atoms with Crippen LogP contribution >= 0.6 is 0 Å². The molecule has 0 aliphatic rings. The van der Waals surface area contributed by atoms with Crippen molar-refractivity contribution in [2.24, 2.45) is 0 Å². The number of nitrogens with zero attached hydrogens (tertiary/aromatic N) is 3. The largest absolute Gasteiger partial charge is 0.497 e. The van der Waals surface area contributed by atoms with E-state index in [9.17, 15) is 13.2 Å². The van der Waals surface area contributed by atoms with Gasteiger partial charge in [0.2, 0.25) is 0 Å². The molecule has 7 heteroatoms. The van der Waals surface area contributed by atoms with Crippen molar-refractivity contribution in [1.29, 1.82) is 0 Å². The molecule has 4 nitrogen and oxygen atoms in total. The maximum absolute atomic E-state index is 13.6. The molecule has 0 fully saturated rings. The predicted molar refractivity (Wildman–Crippen MR) is 89.5 cm³/mol. The van der Waals surface area contributed by atoms with Gasteiger partial charge in [-0.15, -0.1) is 0 Å². The normalized spacial score (nSPS) is 11.9. The molecule has 1 aromatic carbocycles. The number of pyridine rings is 1. The lowest BCUT2D eigenvalue weighted by atomic mass is 10.1. The van der Waals surface area contributed by atoms with E-state index in [2.05, 4.69) is 10.1 Å². The molecule has 132 valence electrons. The summed E-state index contributed by atoms with van der Waals surface area (Å²) >= 11 is 0. The van der Waals surface area contributed by atoms with Crippen LogP contribution in [0.2, 0.25) is 0 Å². The van der Waals surface area contributed by atoms with Crippen LogP contribution in [0, 0.1) is 6.92 Å². The predicted octanol–water partition coefficient (Wildman–Crippen LogP) is 4.84. The van der Waals surface area contributed by atoms with E-state index in [-0.39, 0.29) is 16.7 Å². The molecule has 0 amide bonds. The molecule has 0 unspecified atom stereocenters. The fourth-order valence-corrected chi connectivity index (χ4v) is 2.85. The third-order valence-corrected chi connectivity index (χ3v) is 4.00. The average Bonchev–Trinajstić information content (AvgIpc) is 2.90. The van der Waals surface area contributed by atoms with Crippen LogP contribution in [-0.4, -0.2) is 21.9 Å². The fourth-order valence-electron chi connectivity index (χ4n) is 2.85. The van der Waals surface area contributed by atoms with E-state index in [1.165, 1.54) is 7.11 Å². The van der Waals surface area contributed by atoms with Crippen LogP contribution in [0.3, 0.4) is 0 Å². The Labute approximate surface area is 143 Å². The third kappa shape index (κ3) is 3.18. The summed E-state index contributed by atoms with van der Waals surface area (Å²) in [6.45, 7) is 4.04. The van der Waals surface area contributed by atoms with E-state index >= 15 is 0 Å². The first-order valence-electron chi connectivity index (χ1n) is 7.95. The Kier molecular flexibility index (Phi) is 4.41. The highest BCUT2D eigenvalue weighted by atomic mass is 19.4. The van der Waals surface area contributed by atoms with E-state index < -0.39 is 11.7 Å². The Balaban J connectivity index is 2.27. The van der Waals surface area contributed by atoms with Crippen molar-refractivity contribution in [3.05, 3.63) is 41.6 Å². The van der Waals surface area contributed by atoms with E-state index in [1.54, 1.807) is 35.9 Å². The van der Waals surface area contributed by atoms with Crippen molar-refractivity contribution in [3.63, 3.8) is 0 Å². The minimum absolute atomic E-state index is 0.0678. The zero-order chi connectivity index (χ0) is 18.2. The molecular weight excluding hydrogens is 331 g/mol. The summed E-state index contributed by atoms with van der Waals surface area (Å²) in [5.74, 6) is 0.632. The molecule has 0 saturated heterocycles. The van der Waals surface area contributed by atoms with Crippen LogP contribution in [0.5, 0.6) is 5.75 Å². The van der Waals surface area contributed by atoms with Crippen LogP contribution in [0.25, 0.3) is 22.3 Å². The van der Waals surface area contributed by atoms with Gasteiger partial charge in [0, 0.05) is 12.1 Å². The summed E-state index contributed by atoms with van der Waals surface area (Å²) in [6.07, 6.45) is -3.72. The number of hydrogen-bond donors (Lipinski definition) is 0. The Morgan fingerprint density at radius 2 is 1.84 bits per heavy atom. The van der Waals surface area contributed by atoms with Gasteiger partial charge >= 0.3 is 6.18 Å². The summed E-state index contributed by atoms with van der Waals surface area (Å²) in [4.78, 5) is 4.47. The second-order valence-electron chi connectivity index (χ2n) is 5.79. The first-order valence-corrected chi connectivity index (χ1v) is 7.95. The van der Waals surface area contributed by atoms with Gasteiger partial charge in [0.05, 0.1) is 29.4 Å². The fraction of sp³-hybridized carbons (Fsp3) is 0.333. The molecule has 0 saturated carbocycles. The van der Waals surface area contributed by atoms with Crippen molar-refractivity contribution in [2.75, 3.05) is 7.11 Å². The Morgan fingerprint density at radius 1 is 1.16 bits per heavy atom. The van der Waals surface area contributed by atoms with Crippen LogP contribution in [0.1, 0.15) is 24.6 Å². The molecule has 3 rings (SSSR count). The van der Waals surface area contributed by atoms with Gasteiger partial charge in [-0.25, -0.2) is 9.67 Å². The number of aromatic nitrogens is 3. The number of aryl methyl sites for hydroxylation is 2. The number of hydrogen-bond acceptors (Lipinski definition) is 3. The Hall–Kier alpha value is -2.57. The first kappa shape index (κ1) is 17.3. The molecule has 25 heavy (non-hydrogen) atoms. The van der Waals surface area contributed by atoms with E-state index in [1.807, 2.05) is 6.92 Å². The molecule has 0 radical (unpaired) electrons. The SMILES string of the molecule is CCCn1nc(C)c2c(C(F)(F)F)cc(-c3ccc(OC)cc3)nc21. The van der Waals surface area contributed by atoms with Crippen molar-refractivity contribution >= 4 is 11.0 Å². The molecular formula is C18H18F3N3O. The van der Waals surface area contributed by atoms with Crippen LogP contribution in [0.4, 0.5) is 13.2 Å². The highest BCUT2D eigenvalue weighted by Crippen LogP contribution is 2.38. The molecule has 2 aromatic heterocycles. The maximum atomic E-state index is 13.6. The van der Waals surface area contributed by atoms with Crippen LogP contribution in [-0.2, 0) is 12.7 Å². The lowest BCUT2D eigenvalue weighted by Crippen LogP contribution is -2.08. The lowest BCUT2D eigenvalue weighted by molar-refractivity contribution is -0.136. The van der Waals surface area contributed by atoms with E-state index in [4.69, 9.17) is 4.74 Å². The molecule has 0 spiro atoms. The smallest absolute Gasteiger partial charge is 0.417 e. The van der Waals surface area contributed by atoms with Crippen molar-refractivity contribution in [3.8, 4) is 17.0 Å². The number of benzene rings is 1. The monoisotopic (exact) mass is 349 g/mol. The summed E-state index contributed by atoms with van der Waals surface area (Å²) in [5.41, 5.74) is 0.752. The molecule has 2 heterocycles. The second-order valence-corrected chi connectivity index (χ2v) is 5.79. The number of fused-ring (bicyclic) bond motifs is 1. The van der Waals surface area contributed by atoms with Gasteiger partial charge in [0.1, 0.15) is 5.75 Å². The number of rotatable bonds is 4. The number of methoxy groups -OCH3 is 1.